The lowest BCUT2D eigenvalue weighted by Gasteiger charge is -2.49. The molecule has 0 radical (unpaired) electrons. The van der Waals surface area contributed by atoms with Crippen molar-refractivity contribution in [3.8, 4) is 5.88 Å². The van der Waals surface area contributed by atoms with Crippen molar-refractivity contribution < 1.29 is 22.7 Å². The number of aromatic nitrogens is 5. The number of aromatic amines is 1. The number of H-pyrrole nitrogens is 1. The van der Waals surface area contributed by atoms with E-state index in [9.17, 15) is 17.9 Å². The Bertz CT molecular complexity index is 1360. The van der Waals surface area contributed by atoms with E-state index < -0.39 is 15.8 Å². The predicted octanol–water partition coefficient (Wildman–Crippen LogP) is 2.19. The first-order chi connectivity index (χ1) is 17.8. The number of rotatable bonds is 8. The van der Waals surface area contributed by atoms with Crippen molar-refractivity contribution in [2.75, 3.05) is 24.4 Å². The Hall–Kier alpha value is -3.36. The van der Waals surface area contributed by atoms with Crippen LogP contribution < -0.4 is 15.0 Å². The third kappa shape index (κ3) is 5.08. The van der Waals surface area contributed by atoms with Crippen LogP contribution in [0.25, 0.3) is 0 Å². The topological polar surface area (TPSA) is 149 Å². The SMILES string of the molecule is COc1cc(Nc2cc(CO)[nH]n2)nc(N(C)[C@@H]2C[C@H]3CCC[C@@H](C2)N3S(=O)(=O)c2cncc(F)c2)n1. The second kappa shape index (κ2) is 10.2. The number of halogens is 1. The fourth-order valence-corrected chi connectivity index (χ4v) is 7.08. The average molecular weight is 533 g/mol. The van der Waals surface area contributed by atoms with Gasteiger partial charge in [0.2, 0.25) is 21.9 Å². The Balaban J connectivity index is 1.38. The number of nitrogens with zero attached hydrogens (tertiary/aromatic N) is 6. The zero-order valence-corrected chi connectivity index (χ0v) is 21.3. The molecule has 0 spiro atoms. The van der Waals surface area contributed by atoms with E-state index >= 15 is 0 Å². The quantitative estimate of drug-likeness (QED) is 0.394. The van der Waals surface area contributed by atoms with Crippen LogP contribution in [-0.4, -0.2) is 75.3 Å². The molecule has 3 aromatic rings. The fraction of sp³-hybridized carbons (Fsp3) is 0.478. The minimum Gasteiger partial charge on any atom is -0.481 e. The molecule has 0 saturated carbocycles. The van der Waals surface area contributed by atoms with Crippen molar-refractivity contribution in [2.45, 2.75) is 61.7 Å². The lowest BCUT2D eigenvalue weighted by molar-refractivity contribution is 0.109. The molecule has 0 aliphatic carbocycles. The molecule has 2 aliphatic rings. The number of hydrogen-bond acceptors (Lipinski definition) is 10. The summed E-state index contributed by atoms with van der Waals surface area (Å²) in [6.45, 7) is -0.164. The molecule has 3 N–H and O–H groups in total. The van der Waals surface area contributed by atoms with Gasteiger partial charge in [-0.2, -0.15) is 19.4 Å². The number of fused-ring (bicyclic) bond motifs is 2. The average Bonchev–Trinajstić information content (AvgIpc) is 3.34. The largest absolute Gasteiger partial charge is 0.481 e. The van der Waals surface area contributed by atoms with E-state index in [1.165, 1.54) is 13.3 Å². The highest BCUT2D eigenvalue weighted by Crippen LogP contribution is 2.40. The van der Waals surface area contributed by atoms with E-state index in [1.54, 1.807) is 16.4 Å². The highest BCUT2D eigenvalue weighted by Gasteiger charge is 2.46. The van der Waals surface area contributed by atoms with Gasteiger partial charge in [-0.15, -0.1) is 0 Å². The summed E-state index contributed by atoms with van der Waals surface area (Å²) in [7, 11) is -0.482. The highest BCUT2D eigenvalue weighted by molar-refractivity contribution is 7.89. The second-order valence-corrected chi connectivity index (χ2v) is 11.1. The number of piperidine rings is 2. The van der Waals surface area contributed by atoms with Gasteiger partial charge in [-0.25, -0.2) is 12.8 Å². The van der Waals surface area contributed by atoms with Gasteiger partial charge in [0.25, 0.3) is 0 Å². The van der Waals surface area contributed by atoms with Crippen LogP contribution in [0.15, 0.2) is 35.5 Å². The van der Waals surface area contributed by atoms with Crippen LogP contribution in [0.3, 0.4) is 0 Å². The van der Waals surface area contributed by atoms with Crippen LogP contribution in [0.1, 0.15) is 37.8 Å². The molecule has 2 bridgehead atoms. The summed E-state index contributed by atoms with van der Waals surface area (Å²) in [5.74, 6) is 1.05. The zero-order valence-electron chi connectivity index (χ0n) is 20.5. The Labute approximate surface area is 214 Å². The molecule has 14 heteroatoms. The third-order valence-electron chi connectivity index (χ3n) is 6.96. The van der Waals surface area contributed by atoms with Crippen molar-refractivity contribution in [2.24, 2.45) is 0 Å². The maximum absolute atomic E-state index is 13.8. The van der Waals surface area contributed by atoms with Crippen molar-refractivity contribution in [1.82, 2.24) is 29.5 Å². The molecule has 3 atom stereocenters. The van der Waals surface area contributed by atoms with E-state index in [2.05, 4.69) is 30.5 Å². The van der Waals surface area contributed by atoms with Gasteiger partial charge < -0.3 is 20.1 Å². The molecule has 2 saturated heterocycles. The second-order valence-electron chi connectivity index (χ2n) is 9.31. The van der Waals surface area contributed by atoms with Crippen LogP contribution in [0.5, 0.6) is 5.88 Å². The fourth-order valence-electron chi connectivity index (χ4n) is 5.21. The standard InChI is InChI=1S/C23H29FN8O4S/c1-31(23-27-20(10-22(28-23)36-2)26-21-7-15(13-33)29-30-21)18-8-16-4-3-5-17(9-18)32(16)37(34,35)19-6-14(24)11-25-12-19/h6-7,10-12,16-18,33H,3-5,8-9,13H2,1-2H3,(H2,26,27,28,29,30)/t16-,17+,18-. The Morgan fingerprint density at radius 2 is 1.95 bits per heavy atom. The van der Waals surface area contributed by atoms with Crippen molar-refractivity contribution in [3.63, 3.8) is 0 Å². The Morgan fingerprint density at radius 3 is 2.59 bits per heavy atom. The molecule has 198 valence electrons. The summed E-state index contributed by atoms with van der Waals surface area (Å²) in [6.07, 6.45) is 5.74. The Kier molecular flexibility index (Phi) is 6.96. The third-order valence-corrected chi connectivity index (χ3v) is 8.93. The summed E-state index contributed by atoms with van der Waals surface area (Å²) in [4.78, 5) is 14.7. The summed E-state index contributed by atoms with van der Waals surface area (Å²) < 4.78 is 47.6. The maximum Gasteiger partial charge on any atom is 0.245 e. The number of methoxy groups -OCH3 is 1. The number of aliphatic hydroxyl groups is 1. The predicted molar refractivity (Wildman–Crippen MR) is 132 cm³/mol. The molecule has 5 heterocycles. The molecule has 0 aromatic carbocycles. The molecular weight excluding hydrogens is 503 g/mol. The van der Waals surface area contributed by atoms with E-state index in [4.69, 9.17) is 4.74 Å². The van der Waals surface area contributed by atoms with E-state index in [-0.39, 0.29) is 29.6 Å². The molecule has 0 unspecified atom stereocenters. The summed E-state index contributed by atoms with van der Waals surface area (Å²) in [5.41, 5.74) is 0.558. The summed E-state index contributed by atoms with van der Waals surface area (Å²) in [5, 5.41) is 19.2. The van der Waals surface area contributed by atoms with Gasteiger partial charge >= 0.3 is 0 Å². The van der Waals surface area contributed by atoms with Crippen LogP contribution in [-0.2, 0) is 16.6 Å². The van der Waals surface area contributed by atoms with Crippen LogP contribution in [0.2, 0.25) is 0 Å². The molecular formula is C23H29FN8O4S. The number of ether oxygens (including phenoxy) is 1. The maximum atomic E-state index is 13.8. The van der Waals surface area contributed by atoms with Crippen LogP contribution in [0.4, 0.5) is 22.0 Å². The lowest BCUT2D eigenvalue weighted by atomic mass is 9.83. The number of nitrogens with one attached hydrogen (secondary N) is 2. The molecule has 12 nitrogen and oxygen atoms in total. The van der Waals surface area contributed by atoms with Gasteiger partial charge in [0.1, 0.15) is 16.5 Å². The molecule has 3 aromatic heterocycles. The molecule has 37 heavy (non-hydrogen) atoms. The first kappa shape index (κ1) is 25.3. The summed E-state index contributed by atoms with van der Waals surface area (Å²) in [6, 6.07) is 3.87. The van der Waals surface area contributed by atoms with Gasteiger partial charge in [0, 0.05) is 43.5 Å². The van der Waals surface area contributed by atoms with Gasteiger partial charge in [-0.3, -0.25) is 10.1 Å². The first-order valence-electron chi connectivity index (χ1n) is 12.0. The minimum absolute atomic E-state index is 0.0151. The van der Waals surface area contributed by atoms with Crippen molar-refractivity contribution in [3.05, 3.63) is 42.1 Å². The van der Waals surface area contributed by atoms with E-state index in [1.807, 2.05) is 11.9 Å². The van der Waals surface area contributed by atoms with Crippen molar-refractivity contribution >= 4 is 27.6 Å². The Morgan fingerprint density at radius 1 is 1.19 bits per heavy atom. The monoisotopic (exact) mass is 532 g/mol. The minimum atomic E-state index is -3.89. The highest BCUT2D eigenvalue weighted by atomic mass is 32.2. The number of sulfonamides is 1. The van der Waals surface area contributed by atoms with Crippen LogP contribution >= 0.6 is 0 Å². The first-order valence-corrected chi connectivity index (χ1v) is 13.4. The molecule has 2 aliphatic heterocycles. The zero-order chi connectivity index (χ0) is 26.2. The van der Waals surface area contributed by atoms with E-state index in [0.29, 0.717) is 42.0 Å². The van der Waals surface area contributed by atoms with Gasteiger partial charge in [0.05, 0.1) is 25.6 Å². The van der Waals surface area contributed by atoms with Gasteiger partial charge in [-0.1, -0.05) is 6.42 Å². The summed E-state index contributed by atoms with van der Waals surface area (Å²) >= 11 is 0. The lowest BCUT2D eigenvalue weighted by Crippen LogP contribution is -2.58. The number of hydrogen-bond donors (Lipinski definition) is 3. The van der Waals surface area contributed by atoms with E-state index in [0.717, 1.165) is 31.5 Å². The van der Waals surface area contributed by atoms with Crippen LogP contribution in [0, 0.1) is 5.82 Å². The van der Waals surface area contributed by atoms with Gasteiger partial charge in [0.15, 0.2) is 5.82 Å². The number of anilines is 3. The molecule has 2 fully saturated rings. The van der Waals surface area contributed by atoms with Crippen molar-refractivity contribution in [1.29, 1.82) is 0 Å². The smallest absolute Gasteiger partial charge is 0.245 e. The number of aliphatic hydroxyl groups excluding tert-OH is 1. The number of pyridine rings is 1. The normalized spacial score (nSPS) is 22.0. The molecule has 0 amide bonds. The molecule has 5 rings (SSSR count). The van der Waals surface area contributed by atoms with Gasteiger partial charge in [-0.05, 0) is 31.7 Å².